The molecule has 112 valence electrons. The van der Waals surface area contributed by atoms with Crippen molar-refractivity contribution in [1.29, 1.82) is 0 Å². The van der Waals surface area contributed by atoms with Crippen LogP contribution in [0.5, 0.6) is 0 Å². The largest absolute Gasteiger partial charge is 3.00 e. The number of hydrogen-bond donors (Lipinski definition) is 1. The molecule has 22 heavy (non-hydrogen) atoms. The van der Waals surface area contributed by atoms with Crippen LogP contribution < -0.4 is 5.32 Å². The van der Waals surface area contributed by atoms with E-state index in [2.05, 4.69) is 27.2 Å². The minimum atomic E-state index is -0.233. The van der Waals surface area contributed by atoms with Gasteiger partial charge < -0.3 is 11.2 Å². The van der Waals surface area contributed by atoms with Crippen LogP contribution in [-0.2, 0) is 32.7 Å². The molecule has 1 aromatic heterocycles. The van der Waals surface area contributed by atoms with Crippen molar-refractivity contribution in [2.75, 3.05) is 5.32 Å². The van der Waals surface area contributed by atoms with Gasteiger partial charge in [0.1, 0.15) is 11.6 Å². The Kier molecular flexibility index (Phi) is 7.36. The SMILES string of the molecule is CCC(Nc1nc(C)nc([C-](C)C)n1)c1ccc(F)cc1.[Y+3]. The van der Waals surface area contributed by atoms with Crippen LogP contribution in [-0.4, -0.2) is 15.0 Å². The number of nitrogens with one attached hydrogen (secondary N) is 1. The van der Waals surface area contributed by atoms with E-state index in [0.717, 1.165) is 17.9 Å². The second kappa shape index (κ2) is 8.54. The second-order valence-corrected chi connectivity index (χ2v) is 5.19. The molecule has 2 aromatic rings. The molecule has 1 N–H and O–H groups in total. The topological polar surface area (TPSA) is 50.7 Å². The summed E-state index contributed by atoms with van der Waals surface area (Å²) in [7, 11) is 0. The Morgan fingerprint density at radius 1 is 1.14 bits per heavy atom. The van der Waals surface area contributed by atoms with Gasteiger partial charge in [-0.25, -0.2) is 9.37 Å². The van der Waals surface area contributed by atoms with Gasteiger partial charge >= 0.3 is 32.7 Å². The normalized spacial score (nSPS) is 11.5. The van der Waals surface area contributed by atoms with Crippen molar-refractivity contribution in [3.05, 3.63) is 53.2 Å². The molecular weight excluding hydrogens is 356 g/mol. The molecule has 1 unspecified atom stereocenters. The molecule has 0 aliphatic heterocycles. The molecule has 0 aliphatic rings. The third-order valence-electron chi connectivity index (χ3n) is 3.18. The summed E-state index contributed by atoms with van der Waals surface area (Å²) in [5.74, 6) is 2.73. The van der Waals surface area contributed by atoms with E-state index in [1.54, 1.807) is 12.1 Å². The zero-order valence-electron chi connectivity index (χ0n) is 13.4. The molecule has 0 saturated carbocycles. The van der Waals surface area contributed by atoms with Crippen molar-refractivity contribution < 1.29 is 37.1 Å². The Morgan fingerprint density at radius 3 is 2.32 bits per heavy atom. The Morgan fingerprint density at radius 2 is 1.77 bits per heavy atom. The van der Waals surface area contributed by atoms with Crippen LogP contribution in [0.4, 0.5) is 10.3 Å². The van der Waals surface area contributed by atoms with Crippen LogP contribution in [0.2, 0.25) is 0 Å². The molecule has 0 saturated heterocycles. The minimum Gasteiger partial charge on any atom is -0.347 e. The van der Waals surface area contributed by atoms with E-state index in [-0.39, 0.29) is 44.6 Å². The molecular formula is C16H20FN4Y+2. The van der Waals surface area contributed by atoms with Crippen molar-refractivity contribution in [3.63, 3.8) is 0 Å². The maximum atomic E-state index is 13.0. The quantitative estimate of drug-likeness (QED) is 0.806. The zero-order chi connectivity index (χ0) is 15.4. The van der Waals surface area contributed by atoms with E-state index in [4.69, 9.17) is 0 Å². The summed E-state index contributed by atoms with van der Waals surface area (Å²) in [5, 5.41) is 3.30. The van der Waals surface area contributed by atoms with Gasteiger partial charge in [0.2, 0.25) is 5.95 Å². The maximum Gasteiger partial charge on any atom is 3.00 e. The van der Waals surface area contributed by atoms with Crippen molar-refractivity contribution in [3.8, 4) is 0 Å². The van der Waals surface area contributed by atoms with Crippen molar-refractivity contribution in [1.82, 2.24) is 15.0 Å². The fourth-order valence-corrected chi connectivity index (χ4v) is 2.04. The molecule has 6 heteroatoms. The van der Waals surface area contributed by atoms with Gasteiger partial charge in [0, 0.05) is 5.82 Å². The zero-order valence-corrected chi connectivity index (χ0v) is 16.2. The van der Waals surface area contributed by atoms with Crippen LogP contribution in [0.1, 0.15) is 50.4 Å². The maximum absolute atomic E-state index is 13.0. The number of aryl methyl sites for hydroxylation is 1. The van der Waals surface area contributed by atoms with E-state index >= 15 is 0 Å². The first-order valence-corrected chi connectivity index (χ1v) is 7.04. The van der Waals surface area contributed by atoms with Gasteiger partial charge in [-0.05, 0) is 31.0 Å². The van der Waals surface area contributed by atoms with Crippen molar-refractivity contribution >= 4 is 5.95 Å². The molecule has 0 spiro atoms. The van der Waals surface area contributed by atoms with Crippen LogP contribution in [0, 0.1) is 18.7 Å². The van der Waals surface area contributed by atoms with E-state index in [9.17, 15) is 4.39 Å². The molecule has 1 aromatic carbocycles. The monoisotopic (exact) mass is 376 g/mol. The van der Waals surface area contributed by atoms with Gasteiger partial charge in [0.05, 0.1) is 6.04 Å². The van der Waals surface area contributed by atoms with E-state index in [1.165, 1.54) is 12.1 Å². The van der Waals surface area contributed by atoms with Crippen LogP contribution in [0.25, 0.3) is 0 Å². The Balaban J connectivity index is 0.00000242. The number of halogens is 1. The number of benzene rings is 1. The van der Waals surface area contributed by atoms with Crippen molar-refractivity contribution in [2.45, 2.75) is 40.2 Å². The molecule has 0 amide bonds. The van der Waals surface area contributed by atoms with E-state index in [0.29, 0.717) is 17.6 Å². The van der Waals surface area contributed by atoms with Gasteiger partial charge in [0.25, 0.3) is 0 Å². The molecule has 0 aliphatic carbocycles. The summed E-state index contributed by atoms with van der Waals surface area (Å²) in [6, 6.07) is 6.53. The molecule has 1 atom stereocenters. The summed E-state index contributed by atoms with van der Waals surface area (Å²) < 4.78 is 13.0. The van der Waals surface area contributed by atoms with E-state index in [1.807, 2.05) is 20.8 Å². The first kappa shape index (κ1) is 19.0. The predicted molar refractivity (Wildman–Crippen MR) is 81.3 cm³/mol. The first-order valence-electron chi connectivity index (χ1n) is 7.04. The molecule has 4 nitrogen and oxygen atoms in total. The van der Waals surface area contributed by atoms with Crippen LogP contribution >= 0.6 is 0 Å². The predicted octanol–water partition coefficient (Wildman–Crippen LogP) is 3.84. The first-order chi connectivity index (χ1) is 9.99. The minimum absolute atomic E-state index is 0. The molecule has 0 radical (unpaired) electrons. The summed E-state index contributed by atoms with van der Waals surface area (Å²) in [4.78, 5) is 13.0. The summed E-state index contributed by atoms with van der Waals surface area (Å²) in [5.41, 5.74) is 1.01. The van der Waals surface area contributed by atoms with Gasteiger partial charge in [0.15, 0.2) is 0 Å². The summed E-state index contributed by atoms with van der Waals surface area (Å²) in [6.07, 6.45) is 0.848. The number of nitrogens with zero attached hydrogens (tertiary/aromatic N) is 3. The third-order valence-corrected chi connectivity index (χ3v) is 3.18. The second-order valence-electron chi connectivity index (χ2n) is 5.19. The number of anilines is 1. The molecule has 0 fully saturated rings. The molecule has 2 rings (SSSR count). The van der Waals surface area contributed by atoms with Gasteiger partial charge in [-0.1, -0.05) is 19.1 Å². The van der Waals surface area contributed by atoms with Crippen molar-refractivity contribution in [2.24, 2.45) is 0 Å². The Labute approximate surface area is 156 Å². The fourth-order valence-electron chi connectivity index (χ4n) is 2.04. The van der Waals surface area contributed by atoms with Crippen LogP contribution in [0.3, 0.4) is 0 Å². The summed E-state index contributed by atoms with van der Waals surface area (Å²) in [6.45, 7) is 7.84. The number of hydrogen-bond acceptors (Lipinski definition) is 4. The van der Waals surface area contributed by atoms with Crippen LogP contribution in [0.15, 0.2) is 24.3 Å². The molecule has 1 heterocycles. The van der Waals surface area contributed by atoms with E-state index < -0.39 is 0 Å². The Bertz CT molecular complexity index is 602. The van der Waals surface area contributed by atoms with Gasteiger partial charge in [-0.3, -0.25) is 4.98 Å². The Hall–Kier alpha value is -1.07. The summed E-state index contributed by atoms with van der Waals surface area (Å²) >= 11 is 0. The average molecular weight is 376 g/mol. The number of aromatic nitrogens is 3. The standard InChI is InChI=1S/C16H20FN4.Y/c1-5-14(12-6-8-13(17)9-7-12)20-16-19-11(4)18-15(21-16)10(2)3;/h6-9,14H,5H2,1-4H3,(H,18,19,20,21);/q-1;+3. The molecule has 0 bridgehead atoms. The van der Waals surface area contributed by atoms with Gasteiger partial charge in [-0.2, -0.15) is 18.8 Å². The average Bonchev–Trinajstić information content (AvgIpc) is 2.45. The van der Waals surface area contributed by atoms with Gasteiger partial charge in [-0.15, -0.1) is 0 Å². The number of rotatable bonds is 5. The third kappa shape index (κ3) is 4.99. The smallest absolute Gasteiger partial charge is 0.347 e. The fraction of sp³-hybridized carbons (Fsp3) is 0.375.